The number of hydrogen-bond acceptors (Lipinski definition) is 3. The first-order valence-electron chi connectivity index (χ1n) is 8.49. The van der Waals surface area contributed by atoms with Crippen molar-refractivity contribution in [3.8, 4) is 0 Å². The number of aromatic nitrogens is 3. The molecule has 0 aliphatic carbocycles. The van der Waals surface area contributed by atoms with Crippen molar-refractivity contribution in [3.63, 3.8) is 0 Å². The van der Waals surface area contributed by atoms with Crippen molar-refractivity contribution in [2.24, 2.45) is 0 Å². The minimum Gasteiger partial charge on any atom is -0.312 e. The predicted octanol–water partition coefficient (Wildman–Crippen LogP) is 3.54. The van der Waals surface area contributed by atoms with E-state index in [1.54, 1.807) is 0 Å². The van der Waals surface area contributed by atoms with E-state index in [9.17, 15) is 4.79 Å². The van der Waals surface area contributed by atoms with Crippen LogP contribution < -0.4 is 10.9 Å². The van der Waals surface area contributed by atoms with Gasteiger partial charge in [-0.05, 0) is 51.4 Å². The molecule has 6 heteroatoms. The van der Waals surface area contributed by atoms with E-state index in [4.69, 9.17) is 11.6 Å². The number of pyridine rings is 1. The molecule has 1 aromatic carbocycles. The number of halogens is 1. The van der Waals surface area contributed by atoms with Gasteiger partial charge in [0, 0.05) is 28.2 Å². The van der Waals surface area contributed by atoms with Crippen LogP contribution in [0.5, 0.6) is 0 Å². The summed E-state index contributed by atoms with van der Waals surface area (Å²) in [4.78, 5) is 13.2. The van der Waals surface area contributed by atoms with Crippen molar-refractivity contribution in [1.82, 2.24) is 20.1 Å². The number of nitrogens with zero attached hydrogens (tertiary/aromatic N) is 2. The van der Waals surface area contributed by atoms with Crippen molar-refractivity contribution in [1.29, 1.82) is 0 Å². The summed E-state index contributed by atoms with van der Waals surface area (Å²) in [5, 5.41) is 13.1. The van der Waals surface area contributed by atoms with Crippen LogP contribution in [0, 0.1) is 6.92 Å². The third kappa shape index (κ3) is 2.34. The van der Waals surface area contributed by atoms with E-state index in [-0.39, 0.29) is 11.6 Å². The summed E-state index contributed by atoms with van der Waals surface area (Å²) in [6, 6.07) is 6.05. The number of fused-ring (bicyclic) bond motifs is 3. The molecule has 1 aliphatic heterocycles. The molecule has 4 rings (SSSR count). The summed E-state index contributed by atoms with van der Waals surface area (Å²) < 4.78 is 1.92. The van der Waals surface area contributed by atoms with E-state index < -0.39 is 0 Å². The van der Waals surface area contributed by atoms with Crippen molar-refractivity contribution >= 4 is 33.4 Å². The van der Waals surface area contributed by atoms with Crippen molar-refractivity contribution < 1.29 is 0 Å². The molecule has 0 radical (unpaired) electrons. The van der Waals surface area contributed by atoms with Gasteiger partial charge in [-0.1, -0.05) is 18.0 Å². The van der Waals surface area contributed by atoms with Crippen molar-refractivity contribution in [2.45, 2.75) is 45.2 Å². The van der Waals surface area contributed by atoms with Gasteiger partial charge in [0.2, 0.25) is 0 Å². The summed E-state index contributed by atoms with van der Waals surface area (Å²) in [5.41, 5.74) is 2.42. The van der Waals surface area contributed by atoms with Crippen LogP contribution >= 0.6 is 11.6 Å². The summed E-state index contributed by atoms with van der Waals surface area (Å²) in [5.74, 6) is 0. The molecule has 5 nitrogen and oxygen atoms in total. The quantitative estimate of drug-likeness (QED) is 0.747. The molecule has 3 heterocycles. The zero-order valence-electron chi connectivity index (χ0n) is 13.9. The molecule has 1 aliphatic rings. The van der Waals surface area contributed by atoms with Gasteiger partial charge in [0.15, 0.2) is 0 Å². The Hall–Kier alpha value is -1.85. The molecule has 1 fully saturated rings. The first kappa shape index (κ1) is 15.7. The average molecular weight is 345 g/mol. The Balaban J connectivity index is 2.03. The Kier molecular flexibility index (Phi) is 3.85. The standard InChI is InChI=1S/C18H21ClN4O/c1-10-16-17(22-21-10)13-9-12(19)6-7-15(13)23(18(16)24)11(2)14-5-3-4-8-20-14/h6-7,9,11,14,20H,3-5,8H2,1-2H3,(H,21,22)/t11?,14-/m0/s1. The van der Waals surface area contributed by atoms with E-state index in [0.717, 1.165) is 29.6 Å². The Morgan fingerprint density at radius 3 is 2.96 bits per heavy atom. The van der Waals surface area contributed by atoms with Crippen molar-refractivity contribution in [2.75, 3.05) is 6.54 Å². The van der Waals surface area contributed by atoms with Gasteiger partial charge in [-0.15, -0.1) is 0 Å². The van der Waals surface area contributed by atoms with Gasteiger partial charge in [-0.2, -0.15) is 5.10 Å². The highest BCUT2D eigenvalue weighted by molar-refractivity contribution is 6.31. The van der Waals surface area contributed by atoms with Crippen LogP contribution in [0.25, 0.3) is 21.8 Å². The fraction of sp³-hybridized carbons (Fsp3) is 0.444. The van der Waals surface area contributed by atoms with Crippen LogP contribution in [0.4, 0.5) is 0 Å². The molecular weight excluding hydrogens is 324 g/mol. The molecule has 24 heavy (non-hydrogen) atoms. The smallest absolute Gasteiger partial charge is 0.262 e. The number of hydrogen-bond donors (Lipinski definition) is 2. The van der Waals surface area contributed by atoms with Gasteiger partial charge < -0.3 is 9.88 Å². The van der Waals surface area contributed by atoms with E-state index in [2.05, 4.69) is 22.4 Å². The lowest BCUT2D eigenvalue weighted by Gasteiger charge is -2.31. The van der Waals surface area contributed by atoms with Crippen LogP contribution in [0.1, 0.15) is 37.9 Å². The van der Waals surface area contributed by atoms with Crippen molar-refractivity contribution in [3.05, 3.63) is 39.3 Å². The molecule has 2 aromatic heterocycles. The first-order chi connectivity index (χ1) is 11.6. The highest BCUT2D eigenvalue weighted by Gasteiger charge is 2.25. The fourth-order valence-electron chi connectivity index (χ4n) is 3.90. The Morgan fingerprint density at radius 1 is 1.38 bits per heavy atom. The van der Waals surface area contributed by atoms with Gasteiger partial charge in [-0.25, -0.2) is 0 Å². The molecule has 3 aromatic rings. The molecule has 0 amide bonds. The van der Waals surface area contributed by atoms with E-state index in [0.29, 0.717) is 22.0 Å². The Labute approximate surface area is 145 Å². The SMILES string of the molecule is Cc1[nH]nc2c1c(=O)n(C(C)[C@@H]1CCCCN1)c1ccc(Cl)cc21. The zero-order chi connectivity index (χ0) is 16.8. The number of benzene rings is 1. The van der Waals surface area contributed by atoms with Gasteiger partial charge in [0.05, 0.1) is 10.9 Å². The summed E-state index contributed by atoms with van der Waals surface area (Å²) >= 11 is 6.21. The molecule has 0 spiro atoms. The lowest BCUT2D eigenvalue weighted by atomic mass is 9.98. The van der Waals surface area contributed by atoms with E-state index in [1.807, 2.05) is 29.7 Å². The number of H-pyrrole nitrogens is 1. The third-order valence-corrected chi connectivity index (χ3v) is 5.43. The second kappa shape index (κ2) is 5.90. The summed E-state index contributed by atoms with van der Waals surface area (Å²) in [6.07, 6.45) is 3.49. The maximum atomic E-state index is 13.2. The first-order valence-corrected chi connectivity index (χ1v) is 8.87. The second-order valence-corrected chi connectivity index (χ2v) is 7.14. The second-order valence-electron chi connectivity index (χ2n) is 6.71. The molecule has 2 atom stereocenters. The summed E-state index contributed by atoms with van der Waals surface area (Å²) in [7, 11) is 0. The molecule has 0 saturated carbocycles. The molecule has 1 unspecified atom stereocenters. The minimum absolute atomic E-state index is 0.0194. The van der Waals surface area contributed by atoms with Gasteiger partial charge in [0.1, 0.15) is 5.52 Å². The van der Waals surface area contributed by atoms with Gasteiger partial charge in [0.25, 0.3) is 5.56 Å². The lowest BCUT2D eigenvalue weighted by molar-refractivity contribution is 0.310. The maximum Gasteiger partial charge on any atom is 0.262 e. The number of aryl methyl sites for hydroxylation is 1. The van der Waals surface area contributed by atoms with E-state index in [1.165, 1.54) is 12.8 Å². The Bertz CT molecular complexity index is 968. The number of rotatable bonds is 2. The van der Waals surface area contributed by atoms with Crippen LogP contribution in [0.2, 0.25) is 5.02 Å². The van der Waals surface area contributed by atoms with Crippen LogP contribution in [0.3, 0.4) is 0 Å². The van der Waals surface area contributed by atoms with Gasteiger partial charge >= 0.3 is 0 Å². The number of aromatic amines is 1. The number of nitrogens with one attached hydrogen (secondary N) is 2. The Morgan fingerprint density at radius 2 is 2.21 bits per heavy atom. The fourth-order valence-corrected chi connectivity index (χ4v) is 4.07. The lowest BCUT2D eigenvalue weighted by Crippen LogP contribution is -2.42. The maximum absolute atomic E-state index is 13.2. The van der Waals surface area contributed by atoms with Crippen LogP contribution in [-0.2, 0) is 0 Å². The average Bonchev–Trinajstić information content (AvgIpc) is 2.98. The normalized spacial score (nSPS) is 19.9. The molecule has 0 bridgehead atoms. The van der Waals surface area contributed by atoms with E-state index >= 15 is 0 Å². The third-order valence-electron chi connectivity index (χ3n) is 5.19. The zero-order valence-corrected chi connectivity index (χ0v) is 14.7. The largest absolute Gasteiger partial charge is 0.312 e. The van der Waals surface area contributed by atoms with Gasteiger partial charge in [-0.3, -0.25) is 9.89 Å². The van der Waals surface area contributed by atoms with Crippen LogP contribution in [0.15, 0.2) is 23.0 Å². The summed E-state index contributed by atoms with van der Waals surface area (Å²) in [6.45, 7) is 5.03. The topological polar surface area (TPSA) is 62.7 Å². The highest BCUT2D eigenvalue weighted by Crippen LogP contribution is 2.29. The molecular formula is C18H21ClN4O. The van der Waals surface area contributed by atoms with Crippen LogP contribution in [-0.4, -0.2) is 27.4 Å². The number of piperidine rings is 1. The molecule has 126 valence electrons. The molecule has 1 saturated heterocycles. The predicted molar refractivity (Wildman–Crippen MR) is 98.0 cm³/mol. The molecule has 2 N–H and O–H groups in total. The highest BCUT2D eigenvalue weighted by atomic mass is 35.5. The monoisotopic (exact) mass is 344 g/mol. The minimum atomic E-state index is 0.0194.